The zero-order chi connectivity index (χ0) is 23.6. The second kappa shape index (κ2) is 12.9. The Morgan fingerprint density at radius 3 is 2.70 bits per heavy atom. The summed E-state index contributed by atoms with van der Waals surface area (Å²) < 4.78 is 6.18. The van der Waals surface area contributed by atoms with E-state index in [-0.39, 0.29) is 24.3 Å². The summed E-state index contributed by atoms with van der Waals surface area (Å²) >= 11 is 0. The van der Waals surface area contributed by atoms with Gasteiger partial charge in [0, 0.05) is 43.9 Å². The summed E-state index contributed by atoms with van der Waals surface area (Å²) in [5.74, 6) is 1.61. The number of hydrogen-bond acceptors (Lipinski definition) is 5. The summed E-state index contributed by atoms with van der Waals surface area (Å²) in [6, 6.07) is 5.74. The van der Waals surface area contributed by atoms with Gasteiger partial charge in [0.05, 0.1) is 13.2 Å². The molecule has 1 aromatic carbocycles. The number of rotatable bonds is 5. The fourth-order valence-electron chi connectivity index (χ4n) is 4.50. The van der Waals surface area contributed by atoms with Gasteiger partial charge in [-0.2, -0.15) is 0 Å². The minimum atomic E-state index is 0.0180. The molecule has 0 saturated carbocycles. The van der Waals surface area contributed by atoms with E-state index in [0.29, 0.717) is 50.8 Å². The van der Waals surface area contributed by atoms with Crippen LogP contribution in [0.2, 0.25) is 0 Å². The van der Waals surface area contributed by atoms with Crippen LogP contribution >= 0.6 is 0 Å². The molecule has 0 aliphatic carbocycles. The lowest BCUT2D eigenvalue weighted by atomic mass is 9.96. The van der Waals surface area contributed by atoms with E-state index in [9.17, 15) is 14.7 Å². The molecule has 2 aliphatic rings. The number of nitrogens with zero attached hydrogens (tertiary/aromatic N) is 2. The van der Waals surface area contributed by atoms with Crippen LogP contribution < -0.4 is 10.1 Å². The lowest BCUT2D eigenvalue weighted by molar-refractivity contribution is -0.122. The van der Waals surface area contributed by atoms with Crippen LogP contribution in [-0.2, 0) is 11.3 Å². The number of ether oxygens (including phenoxy) is 1. The van der Waals surface area contributed by atoms with Crippen molar-refractivity contribution in [1.82, 2.24) is 15.1 Å². The topological polar surface area (TPSA) is 82.1 Å². The maximum absolute atomic E-state index is 13.5. The van der Waals surface area contributed by atoms with Crippen LogP contribution in [-0.4, -0.2) is 72.7 Å². The molecule has 33 heavy (non-hydrogen) atoms. The highest BCUT2D eigenvalue weighted by Crippen LogP contribution is 2.28. The van der Waals surface area contributed by atoms with Crippen LogP contribution in [0.15, 0.2) is 18.2 Å². The van der Waals surface area contributed by atoms with Gasteiger partial charge in [-0.15, -0.1) is 0 Å². The Labute approximate surface area is 198 Å². The van der Waals surface area contributed by atoms with Crippen molar-refractivity contribution in [2.24, 2.45) is 11.8 Å². The maximum atomic E-state index is 13.5. The van der Waals surface area contributed by atoms with Crippen LogP contribution in [0.5, 0.6) is 5.75 Å². The zero-order valence-electron chi connectivity index (χ0n) is 20.4. The third-order valence-corrected chi connectivity index (χ3v) is 6.70. The Morgan fingerprint density at radius 1 is 1.18 bits per heavy atom. The molecule has 184 valence electrons. The molecule has 0 bridgehead atoms. The van der Waals surface area contributed by atoms with Crippen molar-refractivity contribution in [3.63, 3.8) is 0 Å². The van der Waals surface area contributed by atoms with Crippen molar-refractivity contribution >= 4 is 11.8 Å². The van der Waals surface area contributed by atoms with Gasteiger partial charge in [-0.05, 0) is 69.0 Å². The summed E-state index contributed by atoms with van der Waals surface area (Å²) in [5.41, 5.74) is 1.54. The van der Waals surface area contributed by atoms with Crippen LogP contribution in [0.25, 0.3) is 0 Å². The molecule has 3 rings (SSSR count). The summed E-state index contributed by atoms with van der Waals surface area (Å²) in [7, 11) is 0. The van der Waals surface area contributed by atoms with Crippen molar-refractivity contribution in [2.75, 3.05) is 45.9 Å². The SMILES string of the molecule is CC(C)CCN1CC(=O)NCCCCCOc2cccc(C(=O)N3CCC(CO)CC3)c2C1. The van der Waals surface area contributed by atoms with E-state index in [0.717, 1.165) is 56.4 Å². The lowest BCUT2D eigenvalue weighted by Gasteiger charge is -2.32. The van der Waals surface area contributed by atoms with Crippen molar-refractivity contribution in [3.8, 4) is 5.75 Å². The molecule has 0 atom stereocenters. The predicted molar refractivity (Wildman–Crippen MR) is 129 cm³/mol. The molecule has 2 amide bonds. The minimum Gasteiger partial charge on any atom is -0.493 e. The lowest BCUT2D eigenvalue weighted by Crippen LogP contribution is -2.40. The predicted octanol–water partition coefficient (Wildman–Crippen LogP) is 3.06. The standard InChI is InChI=1S/C26H41N3O4/c1-20(2)9-13-28-17-23-22(26(32)29-14-10-21(19-30)11-15-29)7-6-8-24(23)33-16-5-3-4-12-27-25(31)18-28/h6-8,20-21,30H,3-5,9-19H2,1-2H3,(H,27,31). The van der Waals surface area contributed by atoms with E-state index < -0.39 is 0 Å². The molecule has 0 unspecified atom stereocenters. The van der Waals surface area contributed by atoms with E-state index in [1.165, 1.54) is 0 Å². The molecule has 1 aromatic rings. The first-order valence-corrected chi connectivity index (χ1v) is 12.6. The Balaban J connectivity index is 1.87. The number of aliphatic hydroxyl groups excluding tert-OH is 1. The first-order chi connectivity index (χ1) is 16.0. The second-order valence-electron chi connectivity index (χ2n) is 9.85. The summed E-state index contributed by atoms with van der Waals surface area (Å²) in [5, 5.41) is 12.5. The van der Waals surface area contributed by atoms with E-state index in [4.69, 9.17) is 4.74 Å². The maximum Gasteiger partial charge on any atom is 0.254 e. The number of nitrogens with one attached hydrogen (secondary N) is 1. The minimum absolute atomic E-state index is 0.0180. The average Bonchev–Trinajstić information content (AvgIpc) is 2.83. The largest absolute Gasteiger partial charge is 0.493 e. The monoisotopic (exact) mass is 459 g/mol. The highest BCUT2D eigenvalue weighted by atomic mass is 16.5. The van der Waals surface area contributed by atoms with Gasteiger partial charge in [-0.1, -0.05) is 19.9 Å². The Morgan fingerprint density at radius 2 is 1.97 bits per heavy atom. The number of hydrogen-bond donors (Lipinski definition) is 2. The van der Waals surface area contributed by atoms with Crippen molar-refractivity contribution in [3.05, 3.63) is 29.3 Å². The molecule has 1 fully saturated rings. The molecule has 2 heterocycles. The van der Waals surface area contributed by atoms with Gasteiger partial charge in [0.25, 0.3) is 5.91 Å². The molecular formula is C26H41N3O4. The van der Waals surface area contributed by atoms with Gasteiger partial charge >= 0.3 is 0 Å². The van der Waals surface area contributed by atoms with E-state index in [2.05, 4.69) is 24.1 Å². The molecule has 0 spiro atoms. The van der Waals surface area contributed by atoms with E-state index in [1.807, 2.05) is 23.1 Å². The quantitative estimate of drug-likeness (QED) is 0.707. The number of fused-ring (bicyclic) bond motifs is 1. The van der Waals surface area contributed by atoms with Crippen LogP contribution in [0, 0.1) is 11.8 Å². The third kappa shape index (κ3) is 7.71. The fraction of sp³-hybridized carbons (Fsp3) is 0.692. The Hall–Kier alpha value is -2.12. The van der Waals surface area contributed by atoms with Crippen molar-refractivity contribution in [2.45, 2.75) is 58.9 Å². The molecule has 0 radical (unpaired) electrons. The van der Waals surface area contributed by atoms with E-state index >= 15 is 0 Å². The van der Waals surface area contributed by atoms with Crippen molar-refractivity contribution < 1.29 is 19.4 Å². The van der Waals surface area contributed by atoms with Gasteiger partial charge < -0.3 is 20.1 Å². The number of amides is 2. The highest BCUT2D eigenvalue weighted by Gasteiger charge is 2.27. The van der Waals surface area contributed by atoms with Gasteiger partial charge in [-0.3, -0.25) is 14.5 Å². The van der Waals surface area contributed by atoms with Crippen LogP contribution in [0.4, 0.5) is 0 Å². The van der Waals surface area contributed by atoms with Crippen LogP contribution in [0.3, 0.4) is 0 Å². The average molecular weight is 460 g/mol. The fourth-order valence-corrected chi connectivity index (χ4v) is 4.50. The van der Waals surface area contributed by atoms with Gasteiger partial charge in [0.1, 0.15) is 5.75 Å². The molecular weight excluding hydrogens is 418 g/mol. The molecule has 7 nitrogen and oxygen atoms in total. The molecule has 2 N–H and O–H groups in total. The Bertz CT molecular complexity index is 775. The van der Waals surface area contributed by atoms with Gasteiger partial charge in [0.15, 0.2) is 0 Å². The van der Waals surface area contributed by atoms with Gasteiger partial charge in [-0.25, -0.2) is 0 Å². The molecule has 2 aliphatic heterocycles. The summed E-state index contributed by atoms with van der Waals surface area (Å²) in [6.45, 7) is 8.77. The smallest absolute Gasteiger partial charge is 0.254 e. The third-order valence-electron chi connectivity index (χ3n) is 6.70. The second-order valence-corrected chi connectivity index (χ2v) is 9.85. The number of carbonyl (C=O) groups excluding carboxylic acids is 2. The number of likely N-dealkylation sites (tertiary alicyclic amines) is 1. The number of aliphatic hydroxyl groups is 1. The summed E-state index contributed by atoms with van der Waals surface area (Å²) in [4.78, 5) is 30.2. The first kappa shape index (κ1) is 25.5. The summed E-state index contributed by atoms with van der Waals surface area (Å²) in [6.07, 6.45) is 5.48. The Kier molecular flexibility index (Phi) is 10.0. The zero-order valence-corrected chi connectivity index (χ0v) is 20.4. The normalized spacial score (nSPS) is 19.6. The van der Waals surface area contributed by atoms with Crippen molar-refractivity contribution in [1.29, 1.82) is 0 Å². The number of carbonyl (C=O) groups is 2. The molecule has 7 heteroatoms. The van der Waals surface area contributed by atoms with E-state index in [1.54, 1.807) is 0 Å². The first-order valence-electron chi connectivity index (χ1n) is 12.6. The number of benzene rings is 1. The molecule has 1 saturated heterocycles. The van der Waals surface area contributed by atoms with Crippen LogP contribution in [0.1, 0.15) is 68.3 Å². The highest BCUT2D eigenvalue weighted by molar-refractivity contribution is 5.96. The number of piperidine rings is 1. The molecule has 0 aromatic heterocycles. The van der Waals surface area contributed by atoms with Gasteiger partial charge in [0.2, 0.25) is 5.91 Å².